The Labute approximate surface area is 184 Å². The van der Waals surface area contributed by atoms with Crippen LogP contribution in [-0.2, 0) is 16.6 Å². The normalized spacial score (nSPS) is 11.6. The van der Waals surface area contributed by atoms with Gasteiger partial charge < -0.3 is 0 Å². The summed E-state index contributed by atoms with van der Waals surface area (Å²) < 4.78 is 25.9. The van der Waals surface area contributed by atoms with Gasteiger partial charge in [0.25, 0.3) is 5.91 Å². The lowest BCUT2D eigenvalue weighted by Gasteiger charge is -2.22. The zero-order chi connectivity index (χ0) is 21.7. The molecule has 0 spiro atoms. The highest BCUT2D eigenvalue weighted by atomic mass is 35.5. The minimum absolute atomic E-state index is 0.159. The molecule has 1 N–H and O–H groups in total. The van der Waals surface area contributed by atoms with E-state index in [1.54, 1.807) is 54.7 Å². The standard InChI is InChI=1S/C21H20ClN3O3S2/c1-15-11-12-29-20(15)13-23-24-21(26)17-5-9-19(10-6-17)25(30(2,27)28)14-16-3-7-18(22)8-4-16/h3-13H,14H2,1-2H3,(H,24,26)/b23-13-. The van der Waals surface area contributed by atoms with Crippen LogP contribution in [0.2, 0.25) is 5.02 Å². The summed E-state index contributed by atoms with van der Waals surface area (Å²) in [5, 5.41) is 6.51. The van der Waals surface area contributed by atoms with Crippen molar-refractivity contribution < 1.29 is 13.2 Å². The molecule has 0 aliphatic rings. The molecule has 0 saturated heterocycles. The number of amides is 1. The van der Waals surface area contributed by atoms with E-state index >= 15 is 0 Å². The van der Waals surface area contributed by atoms with E-state index < -0.39 is 10.0 Å². The zero-order valence-corrected chi connectivity index (χ0v) is 18.8. The Morgan fingerprint density at radius 2 is 1.80 bits per heavy atom. The molecule has 1 aromatic heterocycles. The summed E-state index contributed by atoms with van der Waals surface area (Å²) in [6, 6.07) is 15.3. The Bertz CT molecular complexity index is 1150. The van der Waals surface area contributed by atoms with Gasteiger partial charge in [0, 0.05) is 15.5 Å². The van der Waals surface area contributed by atoms with Crippen molar-refractivity contribution in [2.24, 2.45) is 5.10 Å². The number of anilines is 1. The monoisotopic (exact) mass is 461 g/mol. The summed E-state index contributed by atoms with van der Waals surface area (Å²) in [5.74, 6) is -0.379. The van der Waals surface area contributed by atoms with E-state index in [1.165, 1.54) is 15.6 Å². The van der Waals surface area contributed by atoms with Crippen LogP contribution in [0.3, 0.4) is 0 Å². The van der Waals surface area contributed by atoms with Gasteiger partial charge in [0.15, 0.2) is 0 Å². The molecule has 0 radical (unpaired) electrons. The highest BCUT2D eigenvalue weighted by Gasteiger charge is 2.18. The molecule has 0 bridgehead atoms. The van der Waals surface area contributed by atoms with Crippen LogP contribution in [-0.4, -0.2) is 26.8 Å². The number of nitrogens with zero attached hydrogens (tertiary/aromatic N) is 2. The van der Waals surface area contributed by atoms with Gasteiger partial charge in [-0.3, -0.25) is 9.10 Å². The zero-order valence-electron chi connectivity index (χ0n) is 16.4. The van der Waals surface area contributed by atoms with Crippen LogP contribution in [0, 0.1) is 6.92 Å². The molecule has 0 saturated carbocycles. The van der Waals surface area contributed by atoms with E-state index in [2.05, 4.69) is 10.5 Å². The van der Waals surface area contributed by atoms with Gasteiger partial charge in [0.05, 0.1) is 24.7 Å². The molecule has 6 nitrogen and oxygen atoms in total. The predicted octanol–water partition coefficient (Wildman–Crippen LogP) is 4.44. The van der Waals surface area contributed by atoms with Crippen molar-refractivity contribution in [3.8, 4) is 0 Å². The van der Waals surface area contributed by atoms with E-state index in [0.29, 0.717) is 16.3 Å². The number of nitrogens with one attached hydrogen (secondary N) is 1. The molecule has 0 fully saturated rings. The molecule has 0 atom stereocenters. The summed E-state index contributed by atoms with van der Waals surface area (Å²) in [6.07, 6.45) is 2.74. The van der Waals surface area contributed by atoms with Crippen molar-refractivity contribution in [2.75, 3.05) is 10.6 Å². The van der Waals surface area contributed by atoms with Crippen molar-refractivity contribution in [3.63, 3.8) is 0 Å². The molecule has 9 heteroatoms. The first-order chi connectivity index (χ1) is 14.2. The molecule has 1 amide bonds. The van der Waals surface area contributed by atoms with Gasteiger partial charge in [-0.25, -0.2) is 13.8 Å². The smallest absolute Gasteiger partial charge is 0.267 e. The van der Waals surface area contributed by atoms with E-state index in [-0.39, 0.29) is 12.5 Å². The third-order valence-electron chi connectivity index (χ3n) is 4.31. The number of hydrazone groups is 1. The number of hydrogen-bond acceptors (Lipinski definition) is 5. The topological polar surface area (TPSA) is 78.8 Å². The van der Waals surface area contributed by atoms with Crippen LogP contribution >= 0.6 is 22.9 Å². The number of benzene rings is 2. The Morgan fingerprint density at radius 3 is 2.37 bits per heavy atom. The predicted molar refractivity (Wildman–Crippen MR) is 123 cm³/mol. The highest BCUT2D eigenvalue weighted by molar-refractivity contribution is 7.92. The van der Waals surface area contributed by atoms with Gasteiger partial charge >= 0.3 is 0 Å². The van der Waals surface area contributed by atoms with Gasteiger partial charge in [-0.1, -0.05) is 23.7 Å². The van der Waals surface area contributed by atoms with Crippen LogP contribution in [0.4, 0.5) is 5.69 Å². The average Bonchev–Trinajstić information content (AvgIpc) is 3.11. The van der Waals surface area contributed by atoms with Gasteiger partial charge in [-0.05, 0) is 65.9 Å². The Kier molecular flexibility index (Phi) is 6.91. The maximum atomic E-state index is 12.3. The van der Waals surface area contributed by atoms with Crippen LogP contribution in [0.15, 0.2) is 65.1 Å². The fraction of sp³-hybridized carbons (Fsp3) is 0.143. The van der Waals surface area contributed by atoms with Crippen LogP contribution in [0.1, 0.15) is 26.4 Å². The largest absolute Gasteiger partial charge is 0.271 e. The minimum atomic E-state index is -3.53. The molecular formula is C21H20ClN3O3S2. The average molecular weight is 462 g/mol. The number of thiophene rings is 1. The number of carbonyl (C=O) groups is 1. The highest BCUT2D eigenvalue weighted by Crippen LogP contribution is 2.22. The van der Waals surface area contributed by atoms with Crippen molar-refractivity contribution in [2.45, 2.75) is 13.5 Å². The molecule has 156 valence electrons. The second-order valence-electron chi connectivity index (χ2n) is 6.61. The second-order valence-corrected chi connectivity index (χ2v) is 9.90. The van der Waals surface area contributed by atoms with Gasteiger partial charge in [-0.2, -0.15) is 5.10 Å². The molecular weight excluding hydrogens is 442 g/mol. The molecule has 0 unspecified atom stereocenters. The van der Waals surface area contributed by atoms with Crippen molar-refractivity contribution in [1.82, 2.24) is 5.43 Å². The summed E-state index contributed by atoms with van der Waals surface area (Å²) in [4.78, 5) is 13.3. The summed E-state index contributed by atoms with van der Waals surface area (Å²) in [7, 11) is -3.53. The number of rotatable bonds is 7. The van der Waals surface area contributed by atoms with E-state index in [1.807, 2.05) is 18.4 Å². The number of hydrogen-bond donors (Lipinski definition) is 1. The molecule has 0 aliphatic heterocycles. The Balaban J connectivity index is 1.72. The third kappa shape index (κ3) is 5.69. The van der Waals surface area contributed by atoms with E-state index in [9.17, 15) is 13.2 Å². The third-order valence-corrected chi connectivity index (χ3v) is 6.65. The first kappa shape index (κ1) is 22.0. The van der Waals surface area contributed by atoms with E-state index in [0.717, 1.165) is 22.3 Å². The lowest BCUT2D eigenvalue weighted by molar-refractivity contribution is 0.0955. The SMILES string of the molecule is Cc1ccsc1/C=N\NC(=O)c1ccc(N(Cc2ccc(Cl)cc2)S(C)(=O)=O)cc1. The van der Waals surface area contributed by atoms with Crippen LogP contribution in [0.25, 0.3) is 0 Å². The number of carbonyl (C=O) groups excluding carboxylic acids is 1. The Morgan fingerprint density at radius 1 is 1.13 bits per heavy atom. The van der Waals surface area contributed by atoms with E-state index in [4.69, 9.17) is 11.6 Å². The first-order valence-electron chi connectivity index (χ1n) is 8.94. The fourth-order valence-electron chi connectivity index (χ4n) is 2.67. The van der Waals surface area contributed by atoms with Crippen molar-refractivity contribution >= 4 is 50.8 Å². The van der Waals surface area contributed by atoms with Gasteiger partial charge in [0.1, 0.15) is 0 Å². The molecule has 3 rings (SSSR count). The van der Waals surface area contributed by atoms with Crippen LogP contribution in [0.5, 0.6) is 0 Å². The minimum Gasteiger partial charge on any atom is -0.267 e. The quantitative estimate of drug-likeness (QED) is 0.417. The number of halogens is 1. The number of sulfonamides is 1. The van der Waals surface area contributed by atoms with Gasteiger partial charge in [-0.15, -0.1) is 11.3 Å². The van der Waals surface area contributed by atoms with Gasteiger partial charge in [0.2, 0.25) is 10.0 Å². The first-order valence-corrected chi connectivity index (χ1v) is 12.0. The molecule has 0 aliphatic carbocycles. The summed E-state index contributed by atoms with van der Waals surface area (Å²) in [6.45, 7) is 2.13. The maximum Gasteiger partial charge on any atom is 0.271 e. The fourth-order valence-corrected chi connectivity index (χ4v) is 4.47. The lowest BCUT2D eigenvalue weighted by atomic mass is 10.2. The van der Waals surface area contributed by atoms with Crippen molar-refractivity contribution in [3.05, 3.63) is 86.6 Å². The molecule has 1 heterocycles. The molecule has 30 heavy (non-hydrogen) atoms. The molecule has 3 aromatic rings. The summed E-state index contributed by atoms with van der Waals surface area (Å²) in [5.41, 5.74) is 5.20. The van der Waals surface area contributed by atoms with Crippen molar-refractivity contribution in [1.29, 1.82) is 0 Å². The second kappa shape index (κ2) is 9.42. The maximum absolute atomic E-state index is 12.3. The Hall–Kier alpha value is -2.68. The molecule has 2 aromatic carbocycles. The lowest BCUT2D eigenvalue weighted by Crippen LogP contribution is -2.29. The number of aryl methyl sites for hydroxylation is 1. The van der Waals surface area contributed by atoms with Crippen LogP contribution < -0.4 is 9.73 Å². The summed E-state index contributed by atoms with van der Waals surface area (Å²) >= 11 is 7.43.